The Balaban J connectivity index is 1.74. The van der Waals surface area contributed by atoms with Crippen LogP contribution in [0.4, 0.5) is 13.2 Å². The number of alkyl halides is 3. The lowest BCUT2D eigenvalue weighted by molar-refractivity contribution is -0.148. The molecule has 1 saturated heterocycles. The number of piperazine rings is 1. The number of rotatable bonds is 3. The monoisotopic (exact) mass is 580 g/mol. The van der Waals surface area contributed by atoms with Crippen molar-refractivity contribution in [1.29, 1.82) is 0 Å². The molecule has 1 aliphatic heterocycles. The van der Waals surface area contributed by atoms with Crippen molar-refractivity contribution in [3.8, 4) is 5.75 Å². The van der Waals surface area contributed by atoms with Gasteiger partial charge in [-0.3, -0.25) is 24.2 Å². The van der Waals surface area contributed by atoms with Gasteiger partial charge in [-0.05, 0) is 57.1 Å². The summed E-state index contributed by atoms with van der Waals surface area (Å²) in [6.07, 6.45) is -5.66. The summed E-state index contributed by atoms with van der Waals surface area (Å²) in [5.41, 5.74) is -1.42. The molecular formula is C27H31F3N4O7. The average molecular weight is 581 g/mol. The van der Waals surface area contributed by atoms with Crippen LogP contribution in [-0.2, 0) is 22.2 Å². The van der Waals surface area contributed by atoms with E-state index in [1.54, 1.807) is 11.9 Å². The highest BCUT2D eigenvalue weighted by Crippen LogP contribution is 2.54. The number of allylic oxidation sites excluding steroid dienone is 1. The lowest BCUT2D eigenvalue weighted by Gasteiger charge is -2.50. The maximum absolute atomic E-state index is 14.7. The van der Waals surface area contributed by atoms with E-state index in [4.69, 9.17) is 5.73 Å². The molecule has 0 spiro atoms. The summed E-state index contributed by atoms with van der Waals surface area (Å²) in [5, 5.41) is 47.8. The van der Waals surface area contributed by atoms with Crippen LogP contribution in [0.5, 0.6) is 5.75 Å². The van der Waals surface area contributed by atoms with Crippen molar-refractivity contribution in [3.63, 3.8) is 0 Å². The Labute approximate surface area is 232 Å². The molecule has 1 heterocycles. The van der Waals surface area contributed by atoms with Gasteiger partial charge in [0.25, 0.3) is 5.91 Å². The highest BCUT2D eigenvalue weighted by molar-refractivity contribution is 6.24. The van der Waals surface area contributed by atoms with E-state index in [1.165, 1.54) is 19.0 Å². The van der Waals surface area contributed by atoms with E-state index in [-0.39, 0.29) is 18.5 Å². The standard InChI is InChI=1S/C27H31F3N4O7/c1-33(2)20-13-7-10-6-12-17(15(35)8-11(19(12)27(28,29)30)14-9-32-4-5-34(14)3)21(36)16(10)23(38)26(13,41)24(39)18(22(20)37)25(31)40/h8,10,13-14,20,32,35,37-38,41H,4-7,9H2,1-3H3,(H2,31,40)/t10-,13-,14?,20-,26-/m0/s1. The van der Waals surface area contributed by atoms with Gasteiger partial charge in [0.05, 0.1) is 17.2 Å². The minimum absolute atomic E-state index is 0.177. The van der Waals surface area contributed by atoms with E-state index in [1.807, 2.05) is 0 Å². The Morgan fingerprint density at radius 1 is 1.22 bits per heavy atom. The van der Waals surface area contributed by atoms with Crippen LogP contribution < -0.4 is 11.1 Å². The number of amides is 1. The summed E-state index contributed by atoms with van der Waals surface area (Å²) in [6.45, 7) is 1.19. The van der Waals surface area contributed by atoms with Crippen LogP contribution in [0.3, 0.4) is 0 Å². The SMILES string of the molecule is CN1CCNCC1c1cc(O)c2c(c1C(F)(F)F)C[C@H]1C[C@H]3[C@H](N(C)C)C(O)=C(C(N)=O)C(=O)[C@@]3(O)C(O)=C1C2=O. The quantitative estimate of drug-likeness (QED) is 0.279. The van der Waals surface area contributed by atoms with Gasteiger partial charge in [0.1, 0.15) is 22.8 Å². The fraction of sp³-hybridized carbons (Fsp3) is 0.519. The molecule has 14 heteroatoms. The zero-order valence-electron chi connectivity index (χ0n) is 22.5. The number of hydrogen-bond donors (Lipinski definition) is 6. The van der Waals surface area contributed by atoms with E-state index in [0.29, 0.717) is 13.1 Å². The molecule has 0 aromatic heterocycles. The van der Waals surface area contributed by atoms with Gasteiger partial charge in [-0.2, -0.15) is 13.2 Å². The molecule has 222 valence electrons. The second kappa shape index (κ2) is 9.54. The molecule has 1 unspecified atom stereocenters. The smallest absolute Gasteiger partial charge is 0.417 e. The first-order valence-corrected chi connectivity index (χ1v) is 13.0. The van der Waals surface area contributed by atoms with Gasteiger partial charge in [-0.15, -0.1) is 0 Å². The van der Waals surface area contributed by atoms with Crippen LogP contribution in [0.15, 0.2) is 28.7 Å². The van der Waals surface area contributed by atoms with Gasteiger partial charge < -0.3 is 31.5 Å². The average Bonchev–Trinajstić information content (AvgIpc) is 2.85. The van der Waals surface area contributed by atoms with E-state index in [9.17, 15) is 48.0 Å². The van der Waals surface area contributed by atoms with Crippen LogP contribution in [0.1, 0.15) is 39.5 Å². The van der Waals surface area contributed by atoms with Crippen molar-refractivity contribution in [3.05, 3.63) is 51.0 Å². The van der Waals surface area contributed by atoms with Gasteiger partial charge in [0.15, 0.2) is 11.4 Å². The number of ketones is 2. The topological polar surface area (TPSA) is 177 Å². The van der Waals surface area contributed by atoms with Crippen LogP contribution in [0.25, 0.3) is 0 Å². The Morgan fingerprint density at radius 3 is 2.44 bits per heavy atom. The number of carbonyl (C=O) groups excluding carboxylic acids is 3. The maximum Gasteiger partial charge on any atom is 0.417 e. The van der Waals surface area contributed by atoms with Gasteiger partial charge in [0.2, 0.25) is 5.78 Å². The summed E-state index contributed by atoms with van der Waals surface area (Å²) >= 11 is 0. The van der Waals surface area contributed by atoms with E-state index < -0.39 is 105 Å². The number of Topliss-reactive ketones (excluding diaryl/α,β-unsaturated/α-hetero) is 2. The molecule has 41 heavy (non-hydrogen) atoms. The van der Waals surface area contributed by atoms with Crippen LogP contribution in [0.2, 0.25) is 0 Å². The minimum atomic E-state index is -4.91. The number of aromatic hydroxyl groups is 1. The number of nitrogens with zero attached hydrogens (tertiary/aromatic N) is 2. The summed E-state index contributed by atoms with van der Waals surface area (Å²) in [4.78, 5) is 42.3. The van der Waals surface area contributed by atoms with E-state index in [2.05, 4.69) is 5.32 Å². The molecule has 0 radical (unpaired) electrons. The number of benzene rings is 1. The molecule has 1 aromatic carbocycles. The van der Waals surface area contributed by atoms with Crippen LogP contribution in [0, 0.1) is 11.8 Å². The van der Waals surface area contributed by atoms with Crippen molar-refractivity contribution < 1.29 is 48.0 Å². The normalized spacial score (nSPS) is 30.8. The fourth-order valence-corrected chi connectivity index (χ4v) is 7.10. The molecule has 3 aliphatic carbocycles. The number of carbonyl (C=O) groups is 3. The first kappa shape index (κ1) is 29.0. The van der Waals surface area contributed by atoms with Crippen molar-refractivity contribution in [2.75, 3.05) is 40.8 Å². The maximum atomic E-state index is 14.7. The lowest BCUT2D eigenvalue weighted by atomic mass is 9.58. The number of phenolic OH excluding ortho intramolecular Hbond substituents is 1. The molecule has 1 amide bonds. The van der Waals surface area contributed by atoms with Crippen LogP contribution in [-0.4, -0.2) is 100 Å². The first-order valence-electron chi connectivity index (χ1n) is 13.0. The second-order valence-corrected chi connectivity index (χ2v) is 11.4. The predicted molar refractivity (Wildman–Crippen MR) is 137 cm³/mol. The third-order valence-electron chi connectivity index (χ3n) is 8.91. The summed E-state index contributed by atoms with van der Waals surface area (Å²) < 4.78 is 44.2. The number of nitrogens with two attached hydrogens (primary N) is 1. The summed E-state index contributed by atoms with van der Waals surface area (Å²) in [7, 11) is 4.60. The summed E-state index contributed by atoms with van der Waals surface area (Å²) in [5.74, 6) is -9.03. The van der Waals surface area contributed by atoms with Crippen molar-refractivity contribution in [1.82, 2.24) is 15.1 Å². The van der Waals surface area contributed by atoms with Crippen molar-refractivity contribution in [2.45, 2.75) is 36.7 Å². The minimum Gasteiger partial charge on any atom is -0.510 e. The molecule has 5 atom stereocenters. The number of aliphatic hydroxyl groups excluding tert-OH is 2. The highest BCUT2D eigenvalue weighted by atomic mass is 19.4. The Hall–Kier alpha value is -3.46. The Bertz CT molecular complexity index is 1440. The molecule has 0 bridgehead atoms. The lowest BCUT2D eigenvalue weighted by Crippen LogP contribution is -2.63. The Morgan fingerprint density at radius 2 is 1.88 bits per heavy atom. The third kappa shape index (κ3) is 4.07. The van der Waals surface area contributed by atoms with Crippen molar-refractivity contribution in [2.24, 2.45) is 17.6 Å². The number of primary amides is 1. The molecule has 4 aliphatic rings. The second-order valence-electron chi connectivity index (χ2n) is 11.4. The van der Waals surface area contributed by atoms with E-state index >= 15 is 0 Å². The zero-order chi connectivity index (χ0) is 30.3. The third-order valence-corrected chi connectivity index (χ3v) is 8.91. The fourth-order valence-electron chi connectivity index (χ4n) is 7.10. The molecule has 7 N–H and O–H groups in total. The highest BCUT2D eigenvalue weighted by Gasteiger charge is 2.63. The molecule has 1 fully saturated rings. The number of phenols is 1. The zero-order valence-corrected chi connectivity index (χ0v) is 22.5. The van der Waals surface area contributed by atoms with Crippen molar-refractivity contribution >= 4 is 17.5 Å². The largest absolute Gasteiger partial charge is 0.510 e. The number of halogens is 3. The number of hydrogen-bond acceptors (Lipinski definition) is 10. The summed E-state index contributed by atoms with van der Waals surface area (Å²) in [6, 6.07) is -1.09. The first-order chi connectivity index (χ1) is 19.0. The van der Waals surface area contributed by atoms with Crippen LogP contribution >= 0.6 is 0 Å². The molecule has 11 nitrogen and oxygen atoms in total. The van der Waals surface area contributed by atoms with Gasteiger partial charge in [0, 0.05) is 37.2 Å². The Kier molecular flexibility index (Phi) is 6.76. The number of fused-ring (bicyclic) bond motifs is 3. The molecule has 0 saturated carbocycles. The molecule has 5 rings (SSSR count). The number of nitrogens with one attached hydrogen (secondary N) is 1. The molecular weight excluding hydrogens is 549 g/mol. The molecule has 1 aromatic rings. The van der Waals surface area contributed by atoms with Gasteiger partial charge >= 0.3 is 6.18 Å². The predicted octanol–water partition coefficient (Wildman–Crippen LogP) is 0.716. The number of aliphatic hydroxyl groups is 3. The van der Waals surface area contributed by atoms with E-state index in [0.717, 1.165) is 6.07 Å². The van der Waals surface area contributed by atoms with Gasteiger partial charge in [-0.25, -0.2) is 0 Å². The van der Waals surface area contributed by atoms with Gasteiger partial charge in [-0.1, -0.05) is 0 Å². The number of likely N-dealkylation sites (N-methyl/N-ethyl adjacent to an activating group) is 2.